The molecule has 0 aliphatic heterocycles. The van der Waals surface area contributed by atoms with Crippen molar-refractivity contribution in [3.63, 3.8) is 0 Å². The largest absolute Gasteiger partial charge is 0.490 e. The third kappa shape index (κ3) is 3.05. The first-order valence-electron chi connectivity index (χ1n) is 5.86. The summed E-state index contributed by atoms with van der Waals surface area (Å²) in [6.07, 6.45) is 0. The summed E-state index contributed by atoms with van der Waals surface area (Å²) in [5.41, 5.74) is 0. The van der Waals surface area contributed by atoms with Gasteiger partial charge in [-0.05, 0) is 31.2 Å². The zero-order valence-electron chi connectivity index (χ0n) is 10.3. The van der Waals surface area contributed by atoms with Crippen molar-refractivity contribution in [2.45, 2.75) is 20.1 Å². The van der Waals surface area contributed by atoms with Crippen LogP contribution in [0.5, 0.6) is 11.5 Å². The van der Waals surface area contributed by atoms with Crippen LogP contribution < -0.4 is 9.47 Å². The van der Waals surface area contributed by atoms with E-state index in [4.69, 9.17) is 19.0 Å². The number of hydrogen-bond acceptors (Lipinski definition) is 4. The van der Waals surface area contributed by atoms with E-state index in [0.717, 1.165) is 0 Å². The van der Waals surface area contributed by atoms with E-state index >= 15 is 0 Å². The molecule has 0 bridgehead atoms. The smallest absolute Gasteiger partial charge is 0.161 e. The van der Waals surface area contributed by atoms with Gasteiger partial charge in [0.25, 0.3) is 0 Å². The minimum Gasteiger partial charge on any atom is -0.490 e. The number of furan rings is 1. The Morgan fingerprint density at radius 3 is 2.28 bits per heavy atom. The molecule has 0 atom stereocenters. The molecule has 18 heavy (non-hydrogen) atoms. The van der Waals surface area contributed by atoms with Crippen molar-refractivity contribution in [2.75, 3.05) is 6.61 Å². The Morgan fingerprint density at radius 2 is 1.67 bits per heavy atom. The van der Waals surface area contributed by atoms with Crippen LogP contribution in [0.15, 0.2) is 40.8 Å². The van der Waals surface area contributed by atoms with Gasteiger partial charge in [0.05, 0.1) is 6.61 Å². The highest BCUT2D eigenvalue weighted by Crippen LogP contribution is 2.27. The monoisotopic (exact) mass is 248 g/mol. The molecule has 0 saturated carbocycles. The predicted molar refractivity (Wildman–Crippen MR) is 66.6 cm³/mol. The van der Waals surface area contributed by atoms with Crippen LogP contribution in [0, 0.1) is 0 Å². The summed E-state index contributed by atoms with van der Waals surface area (Å²) in [5.74, 6) is 2.60. The standard InChI is InChI=1S/C14H16O4/c1-2-16-13-5-3-4-6-14(13)17-10-12-8-7-11(9-15)18-12/h3-8,15H,2,9-10H2,1H3. The lowest BCUT2D eigenvalue weighted by Gasteiger charge is -2.10. The second kappa shape index (κ2) is 6.12. The Bertz CT molecular complexity index is 490. The molecule has 1 heterocycles. The Labute approximate surface area is 106 Å². The summed E-state index contributed by atoms with van der Waals surface area (Å²) >= 11 is 0. The van der Waals surface area contributed by atoms with Crippen molar-refractivity contribution in [3.8, 4) is 11.5 Å². The van der Waals surface area contributed by atoms with Crippen LogP contribution in [-0.4, -0.2) is 11.7 Å². The van der Waals surface area contributed by atoms with Crippen molar-refractivity contribution in [3.05, 3.63) is 47.9 Å². The van der Waals surface area contributed by atoms with Gasteiger partial charge in [0.1, 0.15) is 24.7 Å². The molecular formula is C14H16O4. The molecule has 0 saturated heterocycles. The van der Waals surface area contributed by atoms with E-state index in [2.05, 4.69) is 0 Å². The van der Waals surface area contributed by atoms with Gasteiger partial charge < -0.3 is 19.0 Å². The highest BCUT2D eigenvalue weighted by Gasteiger charge is 2.06. The van der Waals surface area contributed by atoms with E-state index in [1.807, 2.05) is 31.2 Å². The summed E-state index contributed by atoms with van der Waals surface area (Å²) in [7, 11) is 0. The van der Waals surface area contributed by atoms with Crippen LogP contribution in [0.3, 0.4) is 0 Å². The van der Waals surface area contributed by atoms with Crippen LogP contribution in [0.25, 0.3) is 0 Å². The molecule has 0 aliphatic carbocycles. The van der Waals surface area contributed by atoms with E-state index in [-0.39, 0.29) is 6.61 Å². The molecular weight excluding hydrogens is 232 g/mol. The highest BCUT2D eigenvalue weighted by atomic mass is 16.5. The third-order valence-corrected chi connectivity index (χ3v) is 2.39. The molecule has 4 heteroatoms. The molecule has 1 N–H and O–H groups in total. The molecule has 0 amide bonds. The SMILES string of the molecule is CCOc1ccccc1OCc1ccc(CO)o1. The molecule has 1 aromatic heterocycles. The minimum atomic E-state index is -0.102. The number of para-hydroxylation sites is 2. The second-order valence-corrected chi connectivity index (χ2v) is 3.69. The molecule has 0 spiro atoms. The van der Waals surface area contributed by atoms with Crippen LogP contribution in [-0.2, 0) is 13.2 Å². The lowest BCUT2D eigenvalue weighted by molar-refractivity contribution is 0.219. The van der Waals surface area contributed by atoms with E-state index in [9.17, 15) is 0 Å². The quantitative estimate of drug-likeness (QED) is 0.854. The third-order valence-electron chi connectivity index (χ3n) is 2.39. The molecule has 2 aromatic rings. The lowest BCUT2D eigenvalue weighted by atomic mass is 10.3. The van der Waals surface area contributed by atoms with Gasteiger partial charge in [0.2, 0.25) is 0 Å². The Hall–Kier alpha value is -1.94. The van der Waals surface area contributed by atoms with E-state index < -0.39 is 0 Å². The summed E-state index contributed by atoms with van der Waals surface area (Å²) in [6, 6.07) is 11.0. The van der Waals surface area contributed by atoms with Crippen molar-refractivity contribution >= 4 is 0 Å². The van der Waals surface area contributed by atoms with Crippen molar-refractivity contribution in [1.82, 2.24) is 0 Å². The number of rotatable bonds is 6. The van der Waals surface area contributed by atoms with E-state index in [1.54, 1.807) is 12.1 Å². The van der Waals surface area contributed by atoms with Crippen LogP contribution >= 0.6 is 0 Å². The fraction of sp³-hybridized carbons (Fsp3) is 0.286. The molecule has 96 valence electrons. The van der Waals surface area contributed by atoms with Crippen LogP contribution in [0.1, 0.15) is 18.4 Å². The van der Waals surface area contributed by atoms with Gasteiger partial charge in [-0.1, -0.05) is 12.1 Å². The molecule has 0 fully saturated rings. The molecule has 2 rings (SSSR count). The highest BCUT2D eigenvalue weighted by molar-refractivity contribution is 5.39. The van der Waals surface area contributed by atoms with Crippen LogP contribution in [0.4, 0.5) is 0 Å². The van der Waals surface area contributed by atoms with Crippen molar-refractivity contribution < 1.29 is 19.0 Å². The van der Waals surface area contributed by atoms with Gasteiger partial charge >= 0.3 is 0 Å². The maximum absolute atomic E-state index is 8.90. The molecule has 0 aliphatic rings. The maximum Gasteiger partial charge on any atom is 0.161 e. The molecule has 0 radical (unpaired) electrons. The maximum atomic E-state index is 8.90. The topological polar surface area (TPSA) is 51.8 Å². The van der Waals surface area contributed by atoms with E-state index in [0.29, 0.717) is 36.2 Å². The zero-order chi connectivity index (χ0) is 12.8. The Balaban J connectivity index is 2.01. The van der Waals surface area contributed by atoms with Gasteiger partial charge in [-0.3, -0.25) is 0 Å². The lowest BCUT2D eigenvalue weighted by Crippen LogP contribution is -1.98. The first-order chi connectivity index (χ1) is 8.83. The Morgan fingerprint density at radius 1 is 1.00 bits per heavy atom. The summed E-state index contributed by atoms with van der Waals surface area (Å²) in [5, 5.41) is 8.90. The molecule has 4 nitrogen and oxygen atoms in total. The van der Waals surface area contributed by atoms with Crippen LogP contribution in [0.2, 0.25) is 0 Å². The first-order valence-corrected chi connectivity index (χ1v) is 5.86. The first kappa shape index (κ1) is 12.5. The molecule has 1 aromatic carbocycles. The average molecular weight is 248 g/mol. The minimum absolute atomic E-state index is 0.102. The zero-order valence-corrected chi connectivity index (χ0v) is 10.3. The number of hydrogen-bond donors (Lipinski definition) is 1. The van der Waals surface area contributed by atoms with E-state index in [1.165, 1.54) is 0 Å². The average Bonchev–Trinajstić information content (AvgIpc) is 2.86. The second-order valence-electron chi connectivity index (χ2n) is 3.69. The molecule has 0 unspecified atom stereocenters. The number of benzene rings is 1. The fourth-order valence-corrected chi connectivity index (χ4v) is 1.58. The van der Waals surface area contributed by atoms with Crippen molar-refractivity contribution in [1.29, 1.82) is 0 Å². The van der Waals surface area contributed by atoms with Gasteiger partial charge in [-0.15, -0.1) is 0 Å². The van der Waals surface area contributed by atoms with Gasteiger partial charge in [-0.2, -0.15) is 0 Å². The summed E-state index contributed by atoms with van der Waals surface area (Å²) in [6.45, 7) is 2.73. The summed E-state index contributed by atoms with van der Waals surface area (Å²) in [4.78, 5) is 0. The number of aliphatic hydroxyl groups excluding tert-OH is 1. The number of ether oxygens (including phenoxy) is 2. The van der Waals surface area contributed by atoms with Gasteiger partial charge in [-0.25, -0.2) is 0 Å². The van der Waals surface area contributed by atoms with Gasteiger partial charge in [0, 0.05) is 0 Å². The summed E-state index contributed by atoms with van der Waals surface area (Å²) < 4.78 is 16.4. The number of aliphatic hydroxyl groups is 1. The van der Waals surface area contributed by atoms with Crippen molar-refractivity contribution in [2.24, 2.45) is 0 Å². The Kier molecular flexibility index (Phi) is 4.25. The predicted octanol–water partition coefficient (Wildman–Crippen LogP) is 2.75. The normalized spacial score (nSPS) is 10.3. The van der Waals surface area contributed by atoms with Gasteiger partial charge in [0.15, 0.2) is 11.5 Å². The fourth-order valence-electron chi connectivity index (χ4n) is 1.58.